The van der Waals surface area contributed by atoms with Crippen molar-refractivity contribution in [2.24, 2.45) is 5.92 Å². The summed E-state index contributed by atoms with van der Waals surface area (Å²) >= 11 is 0. The third-order valence-corrected chi connectivity index (χ3v) is 5.25. The fraction of sp³-hybridized carbons (Fsp3) is 0.231. The Kier molecular flexibility index (Phi) is 6.70. The molecule has 0 bridgehead atoms. The number of anilines is 2. The molecular weight excluding hydrogens is 404 g/mol. The average molecular weight is 431 g/mol. The van der Waals surface area contributed by atoms with E-state index in [0.29, 0.717) is 30.2 Å². The lowest BCUT2D eigenvalue weighted by molar-refractivity contribution is -0.117. The molecule has 0 unspecified atom stereocenters. The molecule has 0 heterocycles. The molecule has 2 N–H and O–H groups in total. The Balaban J connectivity index is 1.34. The molecule has 1 aliphatic rings. The van der Waals surface area contributed by atoms with Crippen LogP contribution >= 0.6 is 0 Å². The van der Waals surface area contributed by atoms with Gasteiger partial charge in [-0.2, -0.15) is 0 Å². The molecule has 0 aromatic heterocycles. The predicted octanol–water partition coefficient (Wildman–Crippen LogP) is 5.05. The molecule has 164 valence electrons. The van der Waals surface area contributed by atoms with Gasteiger partial charge in [0.05, 0.1) is 0 Å². The first kappa shape index (κ1) is 21.4. The van der Waals surface area contributed by atoms with Crippen LogP contribution in [0.25, 0.3) is 0 Å². The molecule has 6 heteroatoms. The zero-order valence-electron chi connectivity index (χ0n) is 18.0. The third kappa shape index (κ3) is 5.66. The maximum absolute atomic E-state index is 12.8. The summed E-state index contributed by atoms with van der Waals surface area (Å²) in [5.41, 5.74) is 2.68. The van der Waals surface area contributed by atoms with E-state index >= 15 is 0 Å². The summed E-state index contributed by atoms with van der Waals surface area (Å²) in [5.74, 6) is 1.29. The van der Waals surface area contributed by atoms with Crippen LogP contribution in [0.5, 0.6) is 11.5 Å². The first-order valence-corrected chi connectivity index (χ1v) is 10.7. The van der Waals surface area contributed by atoms with Gasteiger partial charge in [0.25, 0.3) is 5.91 Å². The summed E-state index contributed by atoms with van der Waals surface area (Å²) in [5, 5.41) is 5.88. The van der Waals surface area contributed by atoms with E-state index in [9.17, 15) is 9.59 Å². The SMILES string of the molecule is Cc1c(NC(=O)c2cccc(OCCOc3ccccc3)c2)cccc1NC(=O)C1CC1. The normalized spacial score (nSPS) is 12.7. The second kappa shape index (κ2) is 10.0. The van der Waals surface area contributed by atoms with Gasteiger partial charge in [-0.05, 0) is 67.8 Å². The minimum atomic E-state index is -0.246. The first-order valence-electron chi connectivity index (χ1n) is 10.7. The second-order valence-corrected chi connectivity index (χ2v) is 7.73. The molecule has 0 aliphatic heterocycles. The molecule has 4 rings (SSSR count). The van der Waals surface area contributed by atoms with Crippen LogP contribution in [0.3, 0.4) is 0 Å². The molecule has 3 aromatic carbocycles. The van der Waals surface area contributed by atoms with Gasteiger partial charge in [-0.3, -0.25) is 9.59 Å². The largest absolute Gasteiger partial charge is 0.490 e. The molecule has 6 nitrogen and oxygen atoms in total. The minimum absolute atomic E-state index is 0.0395. The van der Waals surface area contributed by atoms with Crippen LogP contribution < -0.4 is 20.1 Å². The highest BCUT2D eigenvalue weighted by Gasteiger charge is 2.29. The number of hydrogen-bond acceptors (Lipinski definition) is 4. The van der Waals surface area contributed by atoms with Crippen LogP contribution in [0.2, 0.25) is 0 Å². The van der Waals surface area contributed by atoms with Crippen molar-refractivity contribution in [1.82, 2.24) is 0 Å². The maximum Gasteiger partial charge on any atom is 0.255 e. The van der Waals surface area contributed by atoms with Crippen LogP contribution in [0.4, 0.5) is 11.4 Å². The van der Waals surface area contributed by atoms with Crippen LogP contribution in [-0.4, -0.2) is 25.0 Å². The second-order valence-electron chi connectivity index (χ2n) is 7.73. The molecule has 1 saturated carbocycles. The molecular formula is C26H26N2O4. The molecule has 3 aromatic rings. The Labute approximate surface area is 187 Å². The highest BCUT2D eigenvalue weighted by atomic mass is 16.5. The van der Waals surface area contributed by atoms with Gasteiger partial charge in [-0.25, -0.2) is 0 Å². The van der Waals surface area contributed by atoms with Crippen LogP contribution in [-0.2, 0) is 4.79 Å². The summed E-state index contributed by atoms with van der Waals surface area (Å²) in [6, 6.07) is 22.0. The number of rotatable bonds is 9. The number of benzene rings is 3. The fourth-order valence-corrected chi connectivity index (χ4v) is 3.24. The van der Waals surface area contributed by atoms with Gasteiger partial charge in [0, 0.05) is 22.9 Å². The number of ether oxygens (including phenoxy) is 2. The van der Waals surface area contributed by atoms with Crippen molar-refractivity contribution in [3.63, 3.8) is 0 Å². The standard InChI is InChI=1S/C26H26N2O4/c1-18-23(27-25(29)19-13-14-19)11-6-12-24(18)28-26(30)20-7-5-10-22(17-20)32-16-15-31-21-8-3-2-4-9-21/h2-12,17,19H,13-16H2,1H3,(H,27,29)(H,28,30). The molecule has 1 aliphatic carbocycles. The van der Waals surface area contributed by atoms with E-state index in [2.05, 4.69) is 10.6 Å². The molecule has 2 amide bonds. The Morgan fingerprint density at radius 1 is 0.812 bits per heavy atom. The van der Waals surface area contributed by atoms with Gasteiger partial charge >= 0.3 is 0 Å². The third-order valence-electron chi connectivity index (χ3n) is 5.25. The highest BCUT2D eigenvalue weighted by molar-refractivity contribution is 6.05. The van der Waals surface area contributed by atoms with Gasteiger partial charge in [0.1, 0.15) is 24.7 Å². The summed E-state index contributed by atoms with van der Waals surface area (Å²) < 4.78 is 11.4. The monoisotopic (exact) mass is 430 g/mol. The van der Waals surface area contributed by atoms with Gasteiger partial charge < -0.3 is 20.1 Å². The van der Waals surface area contributed by atoms with E-state index in [1.54, 1.807) is 24.3 Å². The number of nitrogens with one attached hydrogen (secondary N) is 2. The summed E-state index contributed by atoms with van der Waals surface area (Å²) in [6.07, 6.45) is 1.89. The van der Waals surface area contributed by atoms with Crippen molar-refractivity contribution < 1.29 is 19.1 Å². The summed E-state index contributed by atoms with van der Waals surface area (Å²) in [6.45, 7) is 2.64. The minimum Gasteiger partial charge on any atom is -0.490 e. The van der Waals surface area contributed by atoms with Crippen molar-refractivity contribution in [2.45, 2.75) is 19.8 Å². The van der Waals surface area contributed by atoms with Gasteiger partial charge in [-0.1, -0.05) is 30.3 Å². The van der Waals surface area contributed by atoms with Crippen LogP contribution in [0, 0.1) is 12.8 Å². The van der Waals surface area contributed by atoms with Crippen molar-refractivity contribution in [2.75, 3.05) is 23.8 Å². The van der Waals surface area contributed by atoms with Crippen LogP contribution in [0.1, 0.15) is 28.8 Å². The lowest BCUT2D eigenvalue weighted by atomic mass is 10.1. The van der Waals surface area contributed by atoms with E-state index < -0.39 is 0 Å². The van der Waals surface area contributed by atoms with Gasteiger partial charge in [-0.15, -0.1) is 0 Å². The Morgan fingerprint density at radius 2 is 1.44 bits per heavy atom. The zero-order valence-corrected chi connectivity index (χ0v) is 18.0. The van der Waals surface area contributed by atoms with Crippen molar-refractivity contribution in [3.8, 4) is 11.5 Å². The van der Waals surface area contributed by atoms with E-state index in [1.165, 1.54) is 0 Å². The number of amides is 2. The predicted molar refractivity (Wildman–Crippen MR) is 124 cm³/mol. The highest BCUT2D eigenvalue weighted by Crippen LogP contribution is 2.32. The lowest BCUT2D eigenvalue weighted by Gasteiger charge is -2.14. The quantitative estimate of drug-likeness (QED) is 0.466. The lowest BCUT2D eigenvalue weighted by Crippen LogP contribution is -2.16. The Bertz CT molecular complexity index is 1090. The molecule has 0 spiro atoms. The summed E-state index contributed by atoms with van der Waals surface area (Å²) in [7, 11) is 0. The van der Waals surface area contributed by atoms with E-state index in [4.69, 9.17) is 9.47 Å². The smallest absolute Gasteiger partial charge is 0.255 e. The topological polar surface area (TPSA) is 76.7 Å². The Hall–Kier alpha value is -3.80. The van der Waals surface area contributed by atoms with E-state index in [1.807, 2.05) is 55.5 Å². The number of carbonyl (C=O) groups excluding carboxylic acids is 2. The average Bonchev–Trinajstić information content (AvgIpc) is 3.66. The molecule has 0 saturated heterocycles. The van der Waals surface area contributed by atoms with E-state index in [-0.39, 0.29) is 17.7 Å². The molecule has 0 radical (unpaired) electrons. The molecule has 32 heavy (non-hydrogen) atoms. The summed E-state index contributed by atoms with van der Waals surface area (Å²) in [4.78, 5) is 24.9. The Morgan fingerprint density at radius 3 is 2.16 bits per heavy atom. The fourth-order valence-electron chi connectivity index (χ4n) is 3.24. The number of para-hydroxylation sites is 1. The van der Waals surface area contributed by atoms with Gasteiger partial charge in [0.2, 0.25) is 5.91 Å². The van der Waals surface area contributed by atoms with Gasteiger partial charge in [0.15, 0.2) is 0 Å². The molecule has 0 atom stereocenters. The van der Waals surface area contributed by atoms with Crippen molar-refractivity contribution in [3.05, 3.63) is 83.9 Å². The maximum atomic E-state index is 12.8. The zero-order chi connectivity index (χ0) is 22.3. The van der Waals surface area contributed by atoms with E-state index in [0.717, 1.165) is 29.8 Å². The first-order chi connectivity index (χ1) is 15.6. The van der Waals surface area contributed by atoms with Crippen molar-refractivity contribution in [1.29, 1.82) is 0 Å². The number of hydrogen-bond donors (Lipinski definition) is 2. The van der Waals surface area contributed by atoms with Crippen molar-refractivity contribution >= 4 is 23.2 Å². The van der Waals surface area contributed by atoms with Crippen LogP contribution in [0.15, 0.2) is 72.8 Å². The molecule has 1 fully saturated rings. The number of carbonyl (C=O) groups is 2.